The highest BCUT2D eigenvalue weighted by Crippen LogP contribution is 2.24. The smallest absolute Gasteiger partial charge is 0.200 e. The van der Waals surface area contributed by atoms with Crippen molar-refractivity contribution < 1.29 is 0 Å². The Morgan fingerprint density at radius 3 is 2.38 bits per heavy atom. The summed E-state index contributed by atoms with van der Waals surface area (Å²) in [5.41, 5.74) is 2.08. The summed E-state index contributed by atoms with van der Waals surface area (Å²) in [7, 11) is 0. The fraction of sp³-hybridized carbons (Fsp3) is 0.467. The fourth-order valence-corrected chi connectivity index (χ4v) is 2.56. The van der Waals surface area contributed by atoms with Crippen molar-refractivity contribution in [2.45, 2.75) is 34.1 Å². The molecule has 0 unspecified atom stereocenters. The van der Waals surface area contributed by atoms with Gasteiger partial charge in [-0.25, -0.2) is 19.9 Å². The molecule has 0 radical (unpaired) electrons. The minimum absolute atomic E-state index is 0.537. The van der Waals surface area contributed by atoms with E-state index in [0.29, 0.717) is 17.6 Å². The van der Waals surface area contributed by atoms with Crippen LogP contribution in [0.1, 0.15) is 32.0 Å². The van der Waals surface area contributed by atoms with Gasteiger partial charge in [-0.2, -0.15) is 0 Å². The molecule has 0 atom stereocenters. The molecule has 112 valence electrons. The van der Waals surface area contributed by atoms with Crippen LogP contribution in [0, 0.1) is 16.4 Å². The Morgan fingerprint density at radius 1 is 1.14 bits per heavy atom. The molecule has 0 aliphatic rings. The lowest BCUT2D eigenvalue weighted by Gasteiger charge is -2.13. The molecule has 21 heavy (non-hydrogen) atoms. The maximum Gasteiger partial charge on any atom is 0.200 e. The van der Waals surface area contributed by atoms with Gasteiger partial charge in [0, 0.05) is 18.9 Å². The number of anilines is 1. The lowest BCUT2D eigenvalue weighted by Crippen LogP contribution is -2.10. The van der Waals surface area contributed by atoms with E-state index < -0.39 is 0 Å². The average Bonchev–Trinajstić information content (AvgIpc) is 2.43. The predicted molar refractivity (Wildman–Crippen MR) is 93.2 cm³/mol. The zero-order valence-corrected chi connectivity index (χ0v) is 15.0. The molecule has 0 saturated carbocycles. The van der Waals surface area contributed by atoms with Crippen LogP contribution in [-0.4, -0.2) is 26.5 Å². The molecule has 1 N–H and O–H groups in total. The summed E-state index contributed by atoms with van der Waals surface area (Å²) in [6, 6.07) is 0. The van der Waals surface area contributed by atoms with Crippen LogP contribution < -0.4 is 5.32 Å². The quantitative estimate of drug-likeness (QED) is 0.783. The number of nitrogens with one attached hydrogen (secondary N) is 1. The van der Waals surface area contributed by atoms with Gasteiger partial charge in [0.25, 0.3) is 0 Å². The van der Waals surface area contributed by atoms with Crippen molar-refractivity contribution in [1.82, 2.24) is 19.9 Å². The first-order valence-corrected chi connectivity index (χ1v) is 8.18. The minimum atomic E-state index is 0.537. The molecule has 0 amide bonds. The van der Waals surface area contributed by atoms with Gasteiger partial charge in [-0.1, -0.05) is 13.8 Å². The van der Waals surface area contributed by atoms with Gasteiger partial charge in [0.15, 0.2) is 11.6 Å². The Bertz CT molecular complexity index is 610. The summed E-state index contributed by atoms with van der Waals surface area (Å²) < 4.78 is 1.08. The number of rotatable bonds is 5. The van der Waals surface area contributed by atoms with Crippen LogP contribution in [0.4, 0.5) is 5.82 Å². The third-order valence-electron chi connectivity index (χ3n) is 2.85. The summed E-state index contributed by atoms with van der Waals surface area (Å²) in [4.78, 5) is 17.9. The molecule has 2 aromatic rings. The first-order valence-electron chi connectivity index (χ1n) is 7.10. The van der Waals surface area contributed by atoms with Gasteiger partial charge in [-0.05, 0) is 54.3 Å². The van der Waals surface area contributed by atoms with Gasteiger partial charge in [0.1, 0.15) is 5.82 Å². The van der Waals surface area contributed by atoms with E-state index in [9.17, 15) is 0 Å². The number of hydrogen-bond donors (Lipinski definition) is 1. The average molecular weight is 397 g/mol. The first kappa shape index (κ1) is 16.1. The highest BCUT2D eigenvalue weighted by Gasteiger charge is 2.15. The van der Waals surface area contributed by atoms with E-state index in [1.54, 1.807) is 12.4 Å². The molecule has 0 aromatic carbocycles. The summed E-state index contributed by atoms with van der Waals surface area (Å²) in [6.07, 6.45) is 4.50. The van der Waals surface area contributed by atoms with Crippen LogP contribution in [0.2, 0.25) is 0 Å². The highest BCUT2D eigenvalue weighted by molar-refractivity contribution is 14.1. The maximum atomic E-state index is 4.67. The first-order chi connectivity index (χ1) is 10.0. The molecular weight excluding hydrogens is 377 g/mol. The molecule has 5 nitrogen and oxygen atoms in total. The number of aromatic nitrogens is 4. The molecule has 2 heterocycles. The van der Waals surface area contributed by atoms with Gasteiger partial charge in [-0.3, -0.25) is 0 Å². The number of nitrogens with zero attached hydrogens (tertiary/aromatic N) is 4. The Kier molecular flexibility index (Phi) is 5.44. The number of hydrogen-bond acceptors (Lipinski definition) is 5. The highest BCUT2D eigenvalue weighted by atomic mass is 127. The molecule has 0 aliphatic carbocycles. The van der Waals surface area contributed by atoms with Gasteiger partial charge in [-0.15, -0.1) is 0 Å². The zero-order chi connectivity index (χ0) is 15.4. The van der Waals surface area contributed by atoms with Crippen LogP contribution in [0.3, 0.4) is 0 Å². The molecule has 0 saturated heterocycles. The summed E-state index contributed by atoms with van der Waals surface area (Å²) in [6.45, 7) is 9.22. The minimum Gasteiger partial charge on any atom is -0.369 e. The Hall–Kier alpha value is -1.31. The molecule has 2 rings (SSSR count). The Morgan fingerprint density at radius 2 is 1.81 bits per heavy atom. The van der Waals surface area contributed by atoms with Crippen molar-refractivity contribution in [2.24, 2.45) is 5.92 Å². The van der Waals surface area contributed by atoms with Gasteiger partial charge in [0.05, 0.1) is 9.26 Å². The van der Waals surface area contributed by atoms with Crippen LogP contribution >= 0.6 is 22.6 Å². The fourth-order valence-electron chi connectivity index (χ4n) is 1.91. The van der Waals surface area contributed by atoms with E-state index in [1.807, 2.05) is 6.92 Å². The lowest BCUT2D eigenvalue weighted by atomic mass is 10.1. The van der Waals surface area contributed by atoms with Crippen molar-refractivity contribution in [3.8, 4) is 11.6 Å². The Labute approximate surface area is 139 Å². The molecule has 0 spiro atoms. The van der Waals surface area contributed by atoms with Crippen LogP contribution in [0.25, 0.3) is 11.6 Å². The van der Waals surface area contributed by atoms with Crippen LogP contribution in [0.15, 0.2) is 12.4 Å². The SMILES string of the molecule is CCNc1nc(-c2ncc(C)cn2)nc(CC(C)C)c1I. The second kappa shape index (κ2) is 7.11. The molecule has 0 aliphatic heterocycles. The molecule has 6 heteroatoms. The normalized spacial score (nSPS) is 11.0. The monoisotopic (exact) mass is 397 g/mol. The second-order valence-corrected chi connectivity index (χ2v) is 6.45. The second-order valence-electron chi connectivity index (χ2n) is 5.37. The summed E-state index contributed by atoms with van der Waals surface area (Å²) in [5, 5.41) is 3.30. The topological polar surface area (TPSA) is 63.6 Å². The van der Waals surface area contributed by atoms with E-state index in [1.165, 1.54) is 0 Å². The van der Waals surface area contributed by atoms with Crippen LogP contribution in [-0.2, 0) is 6.42 Å². The van der Waals surface area contributed by atoms with Crippen LogP contribution in [0.5, 0.6) is 0 Å². The van der Waals surface area contributed by atoms with E-state index >= 15 is 0 Å². The summed E-state index contributed by atoms with van der Waals surface area (Å²) >= 11 is 2.31. The van der Waals surface area contributed by atoms with E-state index in [0.717, 1.165) is 33.6 Å². The van der Waals surface area contributed by atoms with Gasteiger partial charge < -0.3 is 5.32 Å². The van der Waals surface area contributed by atoms with Gasteiger partial charge >= 0.3 is 0 Å². The van der Waals surface area contributed by atoms with E-state index in [2.05, 4.69) is 68.6 Å². The lowest BCUT2D eigenvalue weighted by molar-refractivity contribution is 0.632. The number of halogens is 1. The Balaban J connectivity index is 2.49. The summed E-state index contributed by atoms with van der Waals surface area (Å²) in [5.74, 6) is 2.56. The van der Waals surface area contributed by atoms with Crippen molar-refractivity contribution in [3.63, 3.8) is 0 Å². The van der Waals surface area contributed by atoms with Crippen molar-refractivity contribution >= 4 is 28.4 Å². The molecule has 2 aromatic heterocycles. The van der Waals surface area contributed by atoms with Crippen molar-refractivity contribution in [2.75, 3.05) is 11.9 Å². The maximum absolute atomic E-state index is 4.67. The van der Waals surface area contributed by atoms with E-state index in [-0.39, 0.29) is 0 Å². The zero-order valence-electron chi connectivity index (χ0n) is 12.8. The van der Waals surface area contributed by atoms with Crippen molar-refractivity contribution in [3.05, 3.63) is 27.2 Å². The predicted octanol–water partition coefficient (Wildman–Crippen LogP) is 3.48. The molecular formula is C15H20IN5. The number of aryl methyl sites for hydroxylation is 1. The van der Waals surface area contributed by atoms with E-state index in [4.69, 9.17) is 0 Å². The largest absolute Gasteiger partial charge is 0.369 e. The molecule has 0 bridgehead atoms. The molecule has 0 fully saturated rings. The standard InChI is InChI=1S/C15H20IN5/c1-5-17-13-12(16)11(6-9(2)3)20-15(21-13)14-18-7-10(4)8-19-14/h7-9H,5-6H2,1-4H3,(H,17,20,21). The van der Waals surface area contributed by atoms with Gasteiger partial charge in [0.2, 0.25) is 0 Å². The third-order valence-corrected chi connectivity index (χ3v) is 3.98. The third kappa shape index (κ3) is 4.09. The van der Waals surface area contributed by atoms with Crippen molar-refractivity contribution in [1.29, 1.82) is 0 Å².